The van der Waals surface area contributed by atoms with E-state index in [4.69, 9.17) is 0 Å². The molecule has 166 valence electrons. The molecule has 0 aromatic heterocycles. The molecule has 11 heteroatoms. The molecule has 0 saturated heterocycles. The van der Waals surface area contributed by atoms with E-state index in [-0.39, 0.29) is 30.5 Å². The van der Waals surface area contributed by atoms with E-state index in [2.05, 4.69) is 15.5 Å². The van der Waals surface area contributed by atoms with Crippen LogP contribution in [0, 0.1) is 0 Å². The number of carbonyl (C=O) groups excluding carboxylic acids is 1. The molecular formula is C20H18F6N4O. The van der Waals surface area contributed by atoms with Crippen LogP contribution in [0.15, 0.2) is 57.5 Å². The first-order chi connectivity index (χ1) is 14.5. The quantitative estimate of drug-likeness (QED) is 0.689. The molecular weight excluding hydrogens is 426 g/mol. The summed E-state index contributed by atoms with van der Waals surface area (Å²) >= 11 is 0. The lowest BCUT2D eigenvalue weighted by Gasteiger charge is -2.47. The molecule has 0 saturated carbocycles. The molecule has 0 fully saturated rings. The zero-order chi connectivity index (χ0) is 22.6. The molecule has 3 aliphatic heterocycles. The van der Waals surface area contributed by atoms with Gasteiger partial charge in [-0.05, 0) is 18.1 Å². The Morgan fingerprint density at radius 1 is 1.23 bits per heavy atom. The number of hydrogen-bond acceptors (Lipinski definition) is 4. The van der Waals surface area contributed by atoms with Crippen molar-refractivity contribution in [1.29, 1.82) is 0 Å². The Hall–Kier alpha value is -2.85. The summed E-state index contributed by atoms with van der Waals surface area (Å²) in [5.41, 5.74) is -1.25. The minimum absolute atomic E-state index is 0.0274. The van der Waals surface area contributed by atoms with Gasteiger partial charge in [0.15, 0.2) is 6.17 Å². The number of azo groups is 1. The minimum atomic E-state index is -4.62. The molecule has 1 aromatic carbocycles. The van der Waals surface area contributed by atoms with E-state index in [0.29, 0.717) is 16.2 Å². The van der Waals surface area contributed by atoms with Crippen molar-refractivity contribution in [2.24, 2.45) is 10.2 Å². The first-order valence-corrected chi connectivity index (χ1v) is 9.62. The van der Waals surface area contributed by atoms with Gasteiger partial charge in [-0.2, -0.15) is 36.6 Å². The maximum atomic E-state index is 13.4. The Bertz CT molecular complexity index is 1010. The van der Waals surface area contributed by atoms with E-state index in [1.54, 1.807) is 6.92 Å². The highest BCUT2D eigenvalue weighted by atomic mass is 19.4. The molecule has 0 bridgehead atoms. The summed E-state index contributed by atoms with van der Waals surface area (Å²) in [5.74, 6) is -0.850. The average molecular weight is 444 g/mol. The maximum absolute atomic E-state index is 13.4. The zero-order valence-electron chi connectivity index (χ0n) is 16.3. The van der Waals surface area contributed by atoms with Crippen LogP contribution in [0.5, 0.6) is 0 Å². The molecule has 1 aromatic rings. The molecule has 3 heterocycles. The highest BCUT2D eigenvalue weighted by Crippen LogP contribution is 2.51. The fourth-order valence-corrected chi connectivity index (χ4v) is 4.62. The lowest BCUT2D eigenvalue weighted by atomic mass is 9.62. The van der Waals surface area contributed by atoms with Crippen LogP contribution in [-0.2, 0) is 16.4 Å². The van der Waals surface area contributed by atoms with Crippen molar-refractivity contribution in [3.8, 4) is 0 Å². The first-order valence-electron chi connectivity index (χ1n) is 9.62. The third-order valence-corrected chi connectivity index (χ3v) is 5.92. The third kappa shape index (κ3) is 3.49. The maximum Gasteiger partial charge on any atom is 0.416 e. The number of benzene rings is 1. The fourth-order valence-electron chi connectivity index (χ4n) is 4.62. The van der Waals surface area contributed by atoms with Crippen molar-refractivity contribution in [2.75, 3.05) is 13.1 Å². The van der Waals surface area contributed by atoms with Crippen molar-refractivity contribution in [3.05, 3.63) is 58.4 Å². The number of halogens is 6. The van der Waals surface area contributed by atoms with Crippen LogP contribution >= 0.6 is 0 Å². The molecule has 1 unspecified atom stereocenters. The number of nitrogens with one attached hydrogen (secondary N) is 1. The number of hydrogen-bond donors (Lipinski definition) is 1. The lowest BCUT2D eigenvalue weighted by Crippen LogP contribution is -2.55. The molecule has 1 amide bonds. The van der Waals surface area contributed by atoms with E-state index in [9.17, 15) is 31.1 Å². The van der Waals surface area contributed by atoms with Gasteiger partial charge in [0.1, 0.15) is 6.54 Å². The zero-order valence-corrected chi connectivity index (χ0v) is 16.3. The summed E-state index contributed by atoms with van der Waals surface area (Å²) in [6, 6.07) is 4.56. The Kier molecular flexibility index (Phi) is 4.90. The molecule has 1 N–H and O–H groups in total. The molecule has 4 rings (SSSR count). The van der Waals surface area contributed by atoms with E-state index >= 15 is 0 Å². The van der Waals surface area contributed by atoms with Gasteiger partial charge >= 0.3 is 12.4 Å². The Morgan fingerprint density at radius 2 is 1.97 bits per heavy atom. The van der Waals surface area contributed by atoms with E-state index in [0.717, 1.165) is 12.1 Å². The fraction of sp³-hybridized carbons (Fsp3) is 0.450. The smallest absolute Gasteiger partial charge is 0.362 e. The standard InChI is InChI=1S/C20H18F6N4O/c1-2-18(11-4-3-5-12(8-11)20(24,25)26)13-9-27-29-16(13)28-14-6-7-30(10-19(21,22)23)17(31)15(14)18/h3-5,8-9,16,28H,2,6-7,10H2,1H3/t16?,18-/m1/s1. The van der Waals surface area contributed by atoms with E-state index in [1.165, 1.54) is 18.3 Å². The van der Waals surface area contributed by atoms with Crippen LogP contribution in [0.2, 0.25) is 0 Å². The summed E-state index contributed by atoms with van der Waals surface area (Å²) in [7, 11) is 0. The normalized spacial score (nSPS) is 25.9. The van der Waals surface area contributed by atoms with Crippen LogP contribution in [0.4, 0.5) is 26.3 Å². The number of alkyl halides is 6. The largest absolute Gasteiger partial charge is 0.416 e. The number of rotatable bonds is 3. The van der Waals surface area contributed by atoms with Crippen molar-refractivity contribution < 1.29 is 31.1 Å². The van der Waals surface area contributed by atoms with Gasteiger partial charge in [0.2, 0.25) is 0 Å². The first kappa shape index (κ1) is 21.4. The van der Waals surface area contributed by atoms with Crippen LogP contribution in [0.1, 0.15) is 30.9 Å². The summed E-state index contributed by atoms with van der Waals surface area (Å²) in [4.78, 5) is 14.0. The van der Waals surface area contributed by atoms with Gasteiger partial charge in [-0.1, -0.05) is 25.1 Å². The summed E-state index contributed by atoms with van der Waals surface area (Å²) in [6.45, 7) is 0.0973. The Balaban J connectivity index is 1.91. The molecule has 0 spiro atoms. The molecule has 5 nitrogen and oxygen atoms in total. The highest BCUT2D eigenvalue weighted by Gasteiger charge is 2.53. The van der Waals surface area contributed by atoms with Gasteiger partial charge < -0.3 is 10.2 Å². The van der Waals surface area contributed by atoms with Crippen LogP contribution < -0.4 is 5.32 Å². The van der Waals surface area contributed by atoms with Gasteiger partial charge in [0, 0.05) is 24.2 Å². The SMILES string of the molecule is CC[C@@]1(c2cccc(C(F)(F)F)c2)C2=CN=NC2NC2=C1C(=O)N(CC(F)(F)F)CC2. The van der Waals surface area contributed by atoms with Crippen molar-refractivity contribution in [1.82, 2.24) is 10.2 Å². The molecule has 0 radical (unpaired) electrons. The molecule has 3 aliphatic rings. The van der Waals surface area contributed by atoms with Crippen molar-refractivity contribution in [2.45, 2.75) is 43.7 Å². The van der Waals surface area contributed by atoms with Crippen molar-refractivity contribution in [3.63, 3.8) is 0 Å². The van der Waals surface area contributed by atoms with Gasteiger partial charge in [-0.15, -0.1) is 0 Å². The number of carbonyl (C=O) groups is 1. The predicted molar refractivity (Wildman–Crippen MR) is 97.6 cm³/mol. The molecule has 0 aliphatic carbocycles. The Morgan fingerprint density at radius 3 is 2.61 bits per heavy atom. The topological polar surface area (TPSA) is 57.1 Å². The number of amides is 1. The molecule has 31 heavy (non-hydrogen) atoms. The van der Waals surface area contributed by atoms with Gasteiger partial charge in [0.05, 0.1) is 22.8 Å². The predicted octanol–water partition coefficient (Wildman–Crippen LogP) is 4.68. The second-order valence-electron chi connectivity index (χ2n) is 7.65. The molecule has 2 atom stereocenters. The summed E-state index contributed by atoms with van der Waals surface area (Å²) in [5, 5.41) is 11.0. The van der Waals surface area contributed by atoms with Crippen LogP contribution in [0.3, 0.4) is 0 Å². The summed E-state index contributed by atoms with van der Waals surface area (Å²) in [6.07, 6.45) is -8.27. The summed E-state index contributed by atoms with van der Waals surface area (Å²) < 4.78 is 79.4. The van der Waals surface area contributed by atoms with Crippen LogP contribution in [-0.4, -0.2) is 36.2 Å². The van der Waals surface area contributed by atoms with Gasteiger partial charge in [-0.3, -0.25) is 4.79 Å². The van der Waals surface area contributed by atoms with Gasteiger partial charge in [-0.25, -0.2) is 0 Å². The highest BCUT2D eigenvalue weighted by molar-refractivity contribution is 5.99. The number of fused-ring (bicyclic) bond motifs is 1. The van der Waals surface area contributed by atoms with Gasteiger partial charge in [0.25, 0.3) is 5.91 Å². The third-order valence-electron chi connectivity index (χ3n) is 5.92. The van der Waals surface area contributed by atoms with E-state index in [1.807, 2.05) is 0 Å². The minimum Gasteiger partial charge on any atom is -0.362 e. The monoisotopic (exact) mass is 444 g/mol. The second-order valence-corrected chi connectivity index (χ2v) is 7.65. The van der Waals surface area contributed by atoms with Crippen molar-refractivity contribution >= 4 is 5.91 Å². The second kappa shape index (κ2) is 7.10. The Labute approximate surface area is 173 Å². The lowest BCUT2D eigenvalue weighted by molar-refractivity contribution is -0.160. The van der Waals surface area contributed by atoms with Crippen LogP contribution in [0.25, 0.3) is 0 Å². The number of nitrogens with zero attached hydrogens (tertiary/aromatic N) is 3. The van der Waals surface area contributed by atoms with E-state index < -0.39 is 41.9 Å². The average Bonchev–Trinajstić information content (AvgIpc) is 3.16.